The number of aryl methyl sites for hydroxylation is 1. The lowest BCUT2D eigenvalue weighted by molar-refractivity contribution is -0.118. The highest BCUT2D eigenvalue weighted by Gasteiger charge is 2.18. The van der Waals surface area contributed by atoms with Crippen LogP contribution in [0.25, 0.3) is 0 Å². The summed E-state index contributed by atoms with van der Waals surface area (Å²) in [4.78, 5) is 26.8. The summed E-state index contributed by atoms with van der Waals surface area (Å²) in [5, 5.41) is 14.0. The molecule has 1 aromatic carbocycles. The van der Waals surface area contributed by atoms with Crippen LogP contribution in [0.5, 0.6) is 0 Å². The van der Waals surface area contributed by atoms with Gasteiger partial charge in [-0.2, -0.15) is 0 Å². The monoisotopic (exact) mass is 447 g/mol. The number of aromatic nitrogens is 2. The van der Waals surface area contributed by atoms with Crippen molar-refractivity contribution in [2.45, 2.75) is 49.4 Å². The number of nitrogens with one attached hydrogen (secondary N) is 2. The maximum absolute atomic E-state index is 12.3. The fourth-order valence-corrected chi connectivity index (χ4v) is 5.01. The van der Waals surface area contributed by atoms with Gasteiger partial charge in [0.05, 0.1) is 5.75 Å². The largest absolute Gasteiger partial charge is 0.354 e. The van der Waals surface area contributed by atoms with Crippen molar-refractivity contribution in [2.24, 2.45) is 0 Å². The summed E-state index contributed by atoms with van der Waals surface area (Å²) in [5.41, 5.74) is 1.84. The number of nitrogens with zero attached hydrogens (tertiary/aromatic N) is 3. The first-order valence-corrected chi connectivity index (χ1v) is 12.1. The molecule has 30 heavy (non-hydrogen) atoms. The molecule has 0 unspecified atom stereocenters. The molecule has 0 saturated heterocycles. The van der Waals surface area contributed by atoms with E-state index in [4.69, 9.17) is 0 Å². The van der Waals surface area contributed by atoms with Crippen LogP contribution in [-0.4, -0.2) is 58.8 Å². The van der Waals surface area contributed by atoms with E-state index in [-0.39, 0.29) is 22.6 Å². The lowest BCUT2D eigenvalue weighted by Gasteiger charge is -2.31. The number of hydrogen-bond acceptors (Lipinski definition) is 7. The van der Waals surface area contributed by atoms with Crippen LogP contribution in [0.3, 0.4) is 0 Å². The Balaban J connectivity index is 1.36. The average Bonchev–Trinajstić information content (AvgIpc) is 3.24. The molecule has 0 atom stereocenters. The molecular weight excluding hydrogens is 418 g/mol. The number of carbonyl (C=O) groups excluding carboxylic acids is 2. The molecule has 1 fully saturated rings. The Bertz CT molecular complexity index is 834. The predicted molar refractivity (Wildman–Crippen MR) is 122 cm³/mol. The molecule has 0 bridgehead atoms. The molecule has 2 aromatic rings. The van der Waals surface area contributed by atoms with E-state index in [2.05, 4.69) is 32.8 Å². The topological polar surface area (TPSA) is 87.2 Å². The third-order valence-corrected chi connectivity index (χ3v) is 7.28. The third kappa shape index (κ3) is 7.07. The minimum absolute atomic E-state index is 0.0297. The van der Waals surface area contributed by atoms with Gasteiger partial charge in [-0.25, -0.2) is 0 Å². The Kier molecular flexibility index (Phi) is 8.65. The molecule has 162 valence electrons. The van der Waals surface area contributed by atoms with E-state index in [1.165, 1.54) is 55.2 Å². The number of thioether (sulfide) groups is 1. The van der Waals surface area contributed by atoms with Crippen LogP contribution in [0, 0.1) is 6.92 Å². The third-order valence-electron chi connectivity index (χ3n) is 5.22. The highest BCUT2D eigenvalue weighted by molar-refractivity contribution is 8.01. The van der Waals surface area contributed by atoms with Crippen LogP contribution in [-0.2, 0) is 4.79 Å². The lowest BCUT2D eigenvalue weighted by atomic mass is 9.94. The van der Waals surface area contributed by atoms with Gasteiger partial charge in [-0.3, -0.25) is 9.59 Å². The number of likely N-dealkylation sites (N-methyl/N-ethyl adjacent to an activating group) is 1. The van der Waals surface area contributed by atoms with Crippen LogP contribution in [0.2, 0.25) is 0 Å². The molecule has 0 spiro atoms. The zero-order chi connectivity index (χ0) is 21.3. The summed E-state index contributed by atoms with van der Waals surface area (Å²) < 4.78 is 0.610. The smallest absolute Gasteiger partial charge is 0.286 e. The highest BCUT2D eigenvalue weighted by Crippen LogP contribution is 2.23. The summed E-state index contributed by atoms with van der Waals surface area (Å²) in [7, 11) is 2.14. The van der Waals surface area contributed by atoms with E-state index < -0.39 is 0 Å². The van der Waals surface area contributed by atoms with Crippen molar-refractivity contribution in [2.75, 3.05) is 31.2 Å². The van der Waals surface area contributed by atoms with Crippen molar-refractivity contribution < 1.29 is 9.59 Å². The van der Waals surface area contributed by atoms with Crippen molar-refractivity contribution in [1.29, 1.82) is 0 Å². The number of benzene rings is 1. The van der Waals surface area contributed by atoms with Crippen molar-refractivity contribution >= 4 is 40.6 Å². The SMILES string of the molecule is Cc1ccc(NC(=O)c2nnc(SCC(=O)NCCN(C)C3CCCCC3)s2)cc1. The van der Waals surface area contributed by atoms with Gasteiger partial charge in [-0.1, -0.05) is 60.1 Å². The first kappa shape index (κ1) is 22.7. The van der Waals surface area contributed by atoms with E-state index >= 15 is 0 Å². The summed E-state index contributed by atoms with van der Waals surface area (Å²) in [5.74, 6) is -0.0576. The summed E-state index contributed by atoms with van der Waals surface area (Å²) in [6, 6.07) is 8.21. The number of carbonyl (C=O) groups is 2. The molecule has 1 aromatic heterocycles. The molecule has 9 heteroatoms. The Labute approximate surface area is 186 Å². The first-order chi connectivity index (χ1) is 14.5. The van der Waals surface area contributed by atoms with E-state index in [9.17, 15) is 9.59 Å². The van der Waals surface area contributed by atoms with Gasteiger partial charge in [-0.15, -0.1) is 10.2 Å². The molecule has 1 heterocycles. The van der Waals surface area contributed by atoms with Gasteiger partial charge < -0.3 is 15.5 Å². The molecular formula is C21H29N5O2S2. The molecule has 1 aliphatic rings. The Morgan fingerprint density at radius 2 is 1.90 bits per heavy atom. The molecule has 1 saturated carbocycles. The Morgan fingerprint density at radius 3 is 2.63 bits per heavy atom. The maximum atomic E-state index is 12.3. The minimum Gasteiger partial charge on any atom is -0.354 e. The molecule has 2 amide bonds. The second-order valence-electron chi connectivity index (χ2n) is 7.60. The van der Waals surface area contributed by atoms with E-state index in [1.54, 1.807) is 0 Å². The van der Waals surface area contributed by atoms with Gasteiger partial charge in [-0.05, 0) is 38.9 Å². The quantitative estimate of drug-likeness (QED) is 0.572. The minimum atomic E-state index is -0.293. The summed E-state index contributed by atoms with van der Waals surface area (Å²) >= 11 is 2.49. The lowest BCUT2D eigenvalue weighted by Crippen LogP contribution is -2.39. The second-order valence-corrected chi connectivity index (χ2v) is 9.80. The van der Waals surface area contributed by atoms with Crippen molar-refractivity contribution in [3.05, 3.63) is 34.8 Å². The first-order valence-electron chi connectivity index (χ1n) is 10.3. The molecule has 3 rings (SSSR count). The molecule has 7 nitrogen and oxygen atoms in total. The van der Waals surface area contributed by atoms with Crippen molar-refractivity contribution in [3.8, 4) is 0 Å². The number of amides is 2. The zero-order valence-corrected chi connectivity index (χ0v) is 19.2. The van der Waals surface area contributed by atoms with Gasteiger partial charge in [0, 0.05) is 24.8 Å². The Hall–Kier alpha value is -1.97. The van der Waals surface area contributed by atoms with Gasteiger partial charge in [0.1, 0.15) is 0 Å². The fourth-order valence-electron chi connectivity index (χ4n) is 3.44. The number of anilines is 1. The van der Waals surface area contributed by atoms with Crippen LogP contribution in [0.1, 0.15) is 47.5 Å². The number of hydrogen-bond donors (Lipinski definition) is 2. The van der Waals surface area contributed by atoms with Crippen LogP contribution in [0.15, 0.2) is 28.6 Å². The van der Waals surface area contributed by atoms with Gasteiger partial charge in [0.15, 0.2) is 4.34 Å². The van der Waals surface area contributed by atoms with Crippen LogP contribution in [0.4, 0.5) is 5.69 Å². The Morgan fingerprint density at radius 1 is 1.17 bits per heavy atom. The number of rotatable bonds is 9. The van der Waals surface area contributed by atoms with Gasteiger partial charge in [0.2, 0.25) is 10.9 Å². The molecule has 0 aliphatic heterocycles. The fraction of sp³-hybridized carbons (Fsp3) is 0.524. The van der Waals surface area contributed by atoms with E-state index in [0.717, 1.165) is 12.1 Å². The van der Waals surface area contributed by atoms with Crippen LogP contribution >= 0.6 is 23.1 Å². The predicted octanol–water partition coefficient (Wildman–Crippen LogP) is 3.57. The summed E-state index contributed by atoms with van der Waals surface area (Å²) in [6.45, 7) is 3.50. The van der Waals surface area contributed by atoms with Crippen molar-refractivity contribution in [1.82, 2.24) is 20.4 Å². The zero-order valence-electron chi connectivity index (χ0n) is 17.5. The van der Waals surface area contributed by atoms with Gasteiger partial charge >= 0.3 is 0 Å². The standard InChI is InChI=1S/C21H29N5O2S2/c1-15-8-10-16(11-9-15)23-19(28)20-24-25-21(30-20)29-14-18(27)22-12-13-26(2)17-6-4-3-5-7-17/h8-11,17H,3-7,12-14H2,1-2H3,(H,22,27)(H,23,28). The summed E-state index contributed by atoms with van der Waals surface area (Å²) in [6.07, 6.45) is 6.49. The molecule has 1 aliphatic carbocycles. The van der Waals surface area contributed by atoms with E-state index in [1.807, 2.05) is 31.2 Å². The van der Waals surface area contributed by atoms with Crippen LogP contribution < -0.4 is 10.6 Å². The van der Waals surface area contributed by atoms with Gasteiger partial charge in [0.25, 0.3) is 5.91 Å². The average molecular weight is 448 g/mol. The normalized spacial score (nSPS) is 14.6. The second kappa shape index (κ2) is 11.4. The molecule has 2 N–H and O–H groups in total. The molecule has 0 radical (unpaired) electrons. The maximum Gasteiger partial charge on any atom is 0.286 e. The van der Waals surface area contributed by atoms with Crippen molar-refractivity contribution in [3.63, 3.8) is 0 Å². The highest BCUT2D eigenvalue weighted by atomic mass is 32.2. The van der Waals surface area contributed by atoms with E-state index in [0.29, 0.717) is 22.6 Å².